The van der Waals surface area contributed by atoms with E-state index in [0.29, 0.717) is 11.5 Å². The van der Waals surface area contributed by atoms with Gasteiger partial charge in [-0.25, -0.2) is 9.59 Å². The number of rotatable bonds is 7. The largest absolute Gasteiger partial charge is 0.459 e. The number of hydrogen-bond donors (Lipinski definition) is 0. The molecule has 1 aromatic carbocycles. The van der Waals surface area contributed by atoms with E-state index in [1.807, 2.05) is 12.1 Å². The van der Waals surface area contributed by atoms with Crippen molar-refractivity contribution < 1.29 is 19.1 Å². The first-order valence-electron chi connectivity index (χ1n) is 9.23. The van der Waals surface area contributed by atoms with Crippen molar-refractivity contribution >= 4 is 18.0 Å². The Morgan fingerprint density at radius 3 is 2.31 bits per heavy atom. The van der Waals surface area contributed by atoms with Crippen molar-refractivity contribution in [2.45, 2.75) is 45.4 Å². The van der Waals surface area contributed by atoms with Gasteiger partial charge in [0.1, 0.15) is 13.2 Å². The molecular formula is C22H28O4. The Morgan fingerprint density at radius 2 is 1.69 bits per heavy atom. The van der Waals surface area contributed by atoms with Gasteiger partial charge in [-0.1, -0.05) is 50.6 Å². The first-order chi connectivity index (χ1) is 12.5. The van der Waals surface area contributed by atoms with E-state index in [0.717, 1.165) is 11.5 Å². The first kappa shape index (κ1) is 20.0. The monoisotopic (exact) mass is 356 g/mol. The molecular weight excluding hydrogens is 328 g/mol. The molecule has 0 saturated heterocycles. The van der Waals surface area contributed by atoms with Gasteiger partial charge < -0.3 is 9.47 Å². The van der Waals surface area contributed by atoms with E-state index in [1.54, 1.807) is 13.0 Å². The SMILES string of the molecule is C=C(C)C(=O)OCCOC(=O)/C=C/c1ccc(C2CCC(C)CC2)cc1. The molecule has 0 radical (unpaired) electrons. The summed E-state index contributed by atoms with van der Waals surface area (Å²) in [4.78, 5) is 22.9. The highest BCUT2D eigenvalue weighted by atomic mass is 16.6. The van der Waals surface area contributed by atoms with Crippen LogP contribution in [0.4, 0.5) is 0 Å². The minimum Gasteiger partial charge on any atom is -0.459 e. The third-order valence-corrected chi connectivity index (χ3v) is 4.74. The summed E-state index contributed by atoms with van der Waals surface area (Å²) in [6.45, 7) is 7.43. The molecule has 0 unspecified atom stereocenters. The molecule has 4 heteroatoms. The summed E-state index contributed by atoms with van der Waals surface area (Å²) in [7, 11) is 0. The van der Waals surface area contributed by atoms with Crippen molar-refractivity contribution in [1.82, 2.24) is 0 Å². The Hall–Kier alpha value is -2.36. The molecule has 0 N–H and O–H groups in total. The molecule has 0 heterocycles. The van der Waals surface area contributed by atoms with Crippen LogP contribution in [0, 0.1) is 5.92 Å². The van der Waals surface area contributed by atoms with Gasteiger partial charge in [-0.2, -0.15) is 0 Å². The van der Waals surface area contributed by atoms with Crippen LogP contribution < -0.4 is 0 Å². The average Bonchev–Trinajstić information content (AvgIpc) is 2.64. The summed E-state index contributed by atoms with van der Waals surface area (Å²) in [6, 6.07) is 8.38. The maximum absolute atomic E-state index is 11.7. The Kier molecular flexibility index (Phi) is 7.64. The number of carbonyl (C=O) groups excluding carboxylic acids is 2. The van der Waals surface area contributed by atoms with Crippen LogP contribution in [0.3, 0.4) is 0 Å². The number of esters is 2. The number of carbonyl (C=O) groups is 2. The van der Waals surface area contributed by atoms with Crippen molar-refractivity contribution in [2.24, 2.45) is 5.92 Å². The van der Waals surface area contributed by atoms with Crippen molar-refractivity contribution in [1.29, 1.82) is 0 Å². The van der Waals surface area contributed by atoms with Gasteiger partial charge in [0.2, 0.25) is 0 Å². The Morgan fingerprint density at radius 1 is 1.08 bits per heavy atom. The van der Waals surface area contributed by atoms with E-state index in [2.05, 4.69) is 25.6 Å². The van der Waals surface area contributed by atoms with E-state index in [4.69, 9.17) is 9.47 Å². The maximum atomic E-state index is 11.7. The molecule has 1 saturated carbocycles. The Bertz CT molecular complexity index is 649. The molecule has 0 atom stereocenters. The summed E-state index contributed by atoms with van der Waals surface area (Å²) in [6.07, 6.45) is 8.25. The lowest BCUT2D eigenvalue weighted by Crippen LogP contribution is -2.13. The van der Waals surface area contributed by atoms with Gasteiger partial charge in [0.15, 0.2) is 0 Å². The van der Waals surface area contributed by atoms with Crippen LogP contribution in [0.5, 0.6) is 0 Å². The highest BCUT2D eigenvalue weighted by Crippen LogP contribution is 2.35. The predicted octanol–water partition coefficient (Wildman–Crippen LogP) is 4.66. The number of hydrogen-bond acceptors (Lipinski definition) is 4. The van der Waals surface area contributed by atoms with Gasteiger partial charge in [0, 0.05) is 11.6 Å². The molecule has 26 heavy (non-hydrogen) atoms. The van der Waals surface area contributed by atoms with E-state index in [9.17, 15) is 9.59 Å². The third-order valence-electron chi connectivity index (χ3n) is 4.74. The fourth-order valence-corrected chi connectivity index (χ4v) is 3.08. The van der Waals surface area contributed by atoms with E-state index in [1.165, 1.54) is 37.3 Å². The molecule has 4 nitrogen and oxygen atoms in total. The lowest BCUT2D eigenvalue weighted by molar-refractivity contribution is -0.146. The standard InChI is InChI=1S/C22H28O4/c1-16(2)22(24)26-15-14-25-21(23)13-8-18-6-11-20(12-7-18)19-9-4-17(3)5-10-19/h6-8,11-13,17,19H,1,4-5,9-10,14-15H2,2-3H3/b13-8+. The van der Waals surface area contributed by atoms with E-state index >= 15 is 0 Å². The van der Waals surface area contributed by atoms with E-state index in [-0.39, 0.29) is 13.2 Å². The average molecular weight is 356 g/mol. The van der Waals surface area contributed by atoms with Crippen molar-refractivity contribution in [3.8, 4) is 0 Å². The molecule has 0 bridgehead atoms. The van der Waals surface area contributed by atoms with Crippen LogP contribution in [0.1, 0.15) is 56.6 Å². The van der Waals surface area contributed by atoms with Gasteiger partial charge >= 0.3 is 11.9 Å². The van der Waals surface area contributed by atoms with Crippen molar-refractivity contribution in [3.05, 3.63) is 53.6 Å². The second-order valence-electron chi connectivity index (χ2n) is 7.04. The smallest absolute Gasteiger partial charge is 0.333 e. The second kappa shape index (κ2) is 9.95. The maximum Gasteiger partial charge on any atom is 0.333 e. The van der Waals surface area contributed by atoms with Gasteiger partial charge in [-0.05, 0) is 48.8 Å². The molecule has 1 aliphatic rings. The second-order valence-corrected chi connectivity index (χ2v) is 7.04. The zero-order chi connectivity index (χ0) is 18.9. The van der Waals surface area contributed by atoms with Crippen LogP contribution in [-0.4, -0.2) is 25.2 Å². The van der Waals surface area contributed by atoms with Crippen LogP contribution in [0.25, 0.3) is 6.08 Å². The molecule has 0 aliphatic heterocycles. The van der Waals surface area contributed by atoms with E-state index < -0.39 is 11.9 Å². The lowest BCUT2D eigenvalue weighted by atomic mass is 9.79. The molecule has 140 valence electrons. The number of ether oxygens (including phenoxy) is 2. The number of benzene rings is 1. The molecule has 1 fully saturated rings. The predicted molar refractivity (Wildman–Crippen MR) is 103 cm³/mol. The molecule has 0 spiro atoms. The van der Waals surface area contributed by atoms with Gasteiger partial charge in [-0.3, -0.25) is 0 Å². The summed E-state index contributed by atoms with van der Waals surface area (Å²) in [5, 5.41) is 0. The topological polar surface area (TPSA) is 52.6 Å². The normalized spacial score (nSPS) is 19.9. The van der Waals surface area contributed by atoms with Gasteiger partial charge in [0.25, 0.3) is 0 Å². The van der Waals surface area contributed by atoms with Crippen LogP contribution in [-0.2, 0) is 19.1 Å². The van der Waals surface area contributed by atoms with Crippen LogP contribution >= 0.6 is 0 Å². The fourth-order valence-electron chi connectivity index (χ4n) is 3.08. The summed E-state index contributed by atoms with van der Waals surface area (Å²) in [5.41, 5.74) is 2.67. The molecule has 1 aromatic rings. The first-order valence-corrected chi connectivity index (χ1v) is 9.23. The van der Waals surface area contributed by atoms with Crippen molar-refractivity contribution in [2.75, 3.05) is 13.2 Å². The molecule has 0 aromatic heterocycles. The third kappa shape index (κ3) is 6.51. The van der Waals surface area contributed by atoms with Crippen molar-refractivity contribution in [3.63, 3.8) is 0 Å². The molecule has 2 rings (SSSR count). The molecule has 1 aliphatic carbocycles. The minimum atomic E-state index is -0.482. The zero-order valence-electron chi connectivity index (χ0n) is 15.7. The summed E-state index contributed by atoms with van der Waals surface area (Å²) in [5.74, 6) is 0.575. The fraction of sp³-hybridized carbons (Fsp3) is 0.455. The highest BCUT2D eigenvalue weighted by Gasteiger charge is 2.19. The van der Waals surface area contributed by atoms with Crippen LogP contribution in [0.2, 0.25) is 0 Å². The quantitative estimate of drug-likeness (QED) is 0.405. The highest BCUT2D eigenvalue weighted by molar-refractivity contribution is 5.87. The zero-order valence-corrected chi connectivity index (χ0v) is 15.7. The molecule has 0 amide bonds. The minimum absolute atomic E-state index is 0.0278. The van der Waals surface area contributed by atoms with Crippen LogP contribution in [0.15, 0.2) is 42.5 Å². The Balaban J connectivity index is 1.74. The summed E-state index contributed by atoms with van der Waals surface area (Å²) >= 11 is 0. The Labute approximate surface area is 155 Å². The lowest BCUT2D eigenvalue weighted by Gasteiger charge is -2.26. The van der Waals surface area contributed by atoms with Gasteiger partial charge in [-0.15, -0.1) is 0 Å². The summed E-state index contributed by atoms with van der Waals surface area (Å²) < 4.78 is 9.84. The van der Waals surface area contributed by atoms with Gasteiger partial charge in [0.05, 0.1) is 0 Å².